The molecular weight excluding hydrogens is 589 g/mol. The SMILES string of the molecule is CC(=O)OCC(=Cc1cc(COC(C)=O)c([O][Tl])c(COC(C)=O)c1)COC(C)=O. The van der Waals surface area contributed by atoms with Gasteiger partial charge >= 0.3 is 191 Å². The molecule has 1 aromatic rings. The van der Waals surface area contributed by atoms with Crippen molar-refractivity contribution >= 4 is 56.2 Å². The van der Waals surface area contributed by atoms with Crippen LogP contribution in [0.25, 0.3) is 6.08 Å². The Balaban J connectivity index is 3.37. The van der Waals surface area contributed by atoms with Gasteiger partial charge in [-0.3, -0.25) is 0 Å². The molecule has 0 unspecified atom stereocenters. The number of hydrogen-bond acceptors (Lipinski definition) is 9. The number of carbonyl (C=O) groups is 4. The van der Waals surface area contributed by atoms with E-state index >= 15 is 0 Å². The fourth-order valence-electron chi connectivity index (χ4n) is 2.34. The van der Waals surface area contributed by atoms with Gasteiger partial charge in [0.2, 0.25) is 0 Å². The quantitative estimate of drug-likeness (QED) is 0.222. The van der Waals surface area contributed by atoms with Crippen molar-refractivity contribution in [1.29, 1.82) is 0 Å². The standard InChI is InChI=1S/C20H24O9.Tl/c1-12(21)26-8-17(9-27-13(2)22)5-16-6-18(10-28-14(3)23)20(25)19(7-16)11-29-15(4)24;/h5-7,25H,8-11H2,1-4H3;/q;+1/p-1. The second-order valence-corrected chi connectivity index (χ2v) is 7.13. The molecule has 160 valence electrons. The molecule has 0 aliphatic rings. The first kappa shape index (κ1) is 25.6. The van der Waals surface area contributed by atoms with Crippen molar-refractivity contribution in [3.8, 4) is 5.75 Å². The predicted molar refractivity (Wildman–Crippen MR) is 105 cm³/mol. The molecule has 0 aliphatic heterocycles. The van der Waals surface area contributed by atoms with E-state index in [0.717, 1.165) is 0 Å². The van der Waals surface area contributed by atoms with Crippen molar-refractivity contribution in [2.24, 2.45) is 0 Å². The van der Waals surface area contributed by atoms with Crippen LogP contribution >= 0.6 is 0 Å². The Morgan fingerprint density at radius 2 is 1.17 bits per heavy atom. The molecule has 0 saturated carbocycles. The number of benzene rings is 1. The Hall–Kier alpha value is -2.44. The molecule has 0 atom stereocenters. The van der Waals surface area contributed by atoms with Crippen molar-refractivity contribution in [2.75, 3.05) is 13.2 Å². The molecule has 0 bridgehead atoms. The molecule has 10 heteroatoms. The molecule has 9 nitrogen and oxygen atoms in total. The Morgan fingerprint density at radius 1 is 0.767 bits per heavy atom. The average Bonchev–Trinajstić information content (AvgIpc) is 2.66. The summed E-state index contributed by atoms with van der Waals surface area (Å²) in [7, 11) is 0. The molecule has 0 radical (unpaired) electrons. The van der Waals surface area contributed by atoms with Crippen LogP contribution in [0.4, 0.5) is 0 Å². The number of ether oxygens (including phenoxy) is 4. The molecule has 0 heterocycles. The van der Waals surface area contributed by atoms with Crippen LogP contribution in [0.5, 0.6) is 5.75 Å². The predicted octanol–water partition coefficient (Wildman–Crippen LogP) is 1.78. The topological polar surface area (TPSA) is 114 Å². The van der Waals surface area contributed by atoms with Crippen LogP contribution in [0.1, 0.15) is 44.4 Å². The zero-order valence-electron chi connectivity index (χ0n) is 17.3. The summed E-state index contributed by atoms with van der Waals surface area (Å²) in [6, 6.07) is 3.47. The molecule has 1 rings (SSSR count). The maximum atomic E-state index is 11.2. The van der Waals surface area contributed by atoms with Gasteiger partial charge in [0.15, 0.2) is 0 Å². The summed E-state index contributed by atoms with van der Waals surface area (Å²) < 4.78 is 25.8. The van der Waals surface area contributed by atoms with Gasteiger partial charge in [0.1, 0.15) is 0 Å². The summed E-state index contributed by atoms with van der Waals surface area (Å²) >= 11 is 0.145. The van der Waals surface area contributed by atoms with Crippen LogP contribution in [0.2, 0.25) is 0 Å². The summed E-state index contributed by atoms with van der Waals surface area (Å²) in [4.78, 5) is 44.8. The van der Waals surface area contributed by atoms with Gasteiger partial charge < -0.3 is 0 Å². The van der Waals surface area contributed by atoms with E-state index < -0.39 is 23.9 Å². The summed E-state index contributed by atoms with van der Waals surface area (Å²) in [5.74, 6) is -1.37. The first-order valence-corrected chi connectivity index (χ1v) is 10.7. The van der Waals surface area contributed by atoms with Crippen LogP contribution in [0.3, 0.4) is 0 Å². The monoisotopic (exact) mass is 612 g/mol. The maximum absolute atomic E-state index is 11.2. The molecule has 0 aliphatic carbocycles. The third-order valence-corrected chi connectivity index (χ3v) is 4.45. The van der Waals surface area contributed by atoms with Crippen molar-refractivity contribution in [3.63, 3.8) is 0 Å². The molecule has 0 amide bonds. The van der Waals surface area contributed by atoms with Crippen molar-refractivity contribution < 1.29 is 40.8 Å². The Bertz CT molecular complexity index is 771. The van der Waals surface area contributed by atoms with Gasteiger partial charge in [0.05, 0.1) is 0 Å². The minimum atomic E-state index is -0.476. The zero-order valence-corrected chi connectivity index (χ0v) is 21.8. The van der Waals surface area contributed by atoms with Gasteiger partial charge in [-0.1, -0.05) is 0 Å². The van der Waals surface area contributed by atoms with Gasteiger partial charge in [0.25, 0.3) is 0 Å². The minimum absolute atomic E-state index is 0.0324. The first-order chi connectivity index (χ1) is 14.1. The third kappa shape index (κ3) is 9.85. The molecule has 0 aromatic heterocycles. The molecule has 30 heavy (non-hydrogen) atoms. The van der Waals surface area contributed by atoms with E-state index in [9.17, 15) is 19.2 Å². The van der Waals surface area contributed by atoms with E-state index in [2.05, 4.69) is 0 Å². The van der Waals surface area contributed by atoms with Crippen LogP contribution in [0.15, 0.2) is 17.7 Å². The van der Waals surface area contributed by atoms with Crippen LogP contribution in [-0.2, 0) is 51.3 Å². The number of esters is 4. The molecule has 0 N–H and O–H groups in total. The van der Waals surface area contributed by atoms with Gasteiger partial charge in [-0.05, 0) is 0 Å². The fourth-order valence-corrected chi connectivity index (χ4v) is 3.52. The van der Waals surface area contributed by atoms with Gasteiger partial charge in [0, 0.05) is 0 Å². The first-order valence-electron chi connectivity index (χ1n) is 8.87. The van der Waals surface area contributed by atoms with Crippen LogP contribution < -0.4 is 2.69 Å². The Morgan fingerprint density at radius 3 is 1.50 bits per heavy atom. The normalized spacial score (nSPS) is 9.83. The molecule has 1 aromatic carbocycles. The molecule has 0 spiro atoms. The Kier molecular flexibility index (Phi) is 11.1. The van der Waals surface area contributed by atoms with Gasteiger partial charge in [-0.15, -0.1) is 0 Å². The third-order valence-electron chi connectivity index (χ3n) is 3.54. The molecule has 0 saturated heterocycles. The van der Waals surface area contributed by atoms with Crippen LogP contribution in [-0.4, -0.2) is 63.3 Å². The Labute approximate surface area is 191 Å². The van der Waals surface area contributed by atoms with E-state index in [1.54, 1.807) is 18.2 Å². The number of hydrogen-bond donors (Lipinski definition) is 0. The van der Waals surface area contributed by atoms with Gasteiger partial charge in [-0.25, -0.2) is 0 Å². The van der Waals surface area contributed by atoms with Crippen molar-refractivity contribution in [2.45, 2.75) is 40.9 Å². The summed E-state index contributed by atoms with van der Waals surface area (Å²) in [6.07, 6.45) is 1.68. The fraction of sp³-hybridized carbons (Fsp3) is 0.400. The zero-order chi connectivity index (χ0) is 22.7. The van der Waals surface area contributed by atoms with Crippen LogP contribution in [0, 0.1) is 0 Å². The number of rotatable bonds is 10. The molecule has 0 fully saturated rings. The summed E-state index contributed by atoms with van der Waals surface area (Å²) in [5.41, 5.74) is 2.34. The van der Waals surface area contributed by atoms with E-state index in [0.29, 0.717) is 28.0 Å². The summed E-state index contributed by atoms with van der Waals surface area (Å²) in [5, 5.41) is 0. The van der Waals surface area contributed by atoms with Gasteiger partial charge in [-0.2, -0.15) is 0 Å². The average molecular weight is 612 g/mol. The molecular formula is C20H23O9Tl. The van der Waals surface area contributed by atoms with E-state index in [4.69, 9.17) is 21.6 Å². The van der Waals surface area contributed by atoms with E-state index in [1.165, 1.54) is 27.7 Å². The number of carbonyl (C=O) groups excluding carboxylic acids is 4. The van der Waals surface area contributed by atoms with E-state index in [1.807, 2.05) is 0 Å². The summed E-state index contributed by atoms with van der Waals surface area (Å²) in [6.45, 7) is 4.94. The van der Waals surface area contributed by atoms with Crippen molar-refractivity contribution in [1.82, 2.24) is 0 Å². The van der Waals surface area contributed by atoms with E-state index in [-0.39, 0.29) is 52.6 Å². The second-order valence-electron chi connectivity index (χ2n) is 6.21. The van der Waals surface area contributed by atoms with Crippen molar-refractivity contribution in [3.05, 3.63) is 34.4 Å². The second kappa shape index (κ2) is 13.0.